The lowest BCUT2D eigenvalue weighted by Gasteiger charge is -2.27. The van der Waals surface area contributed by atoms with Gasteiger partial charge in [0.2, 0.25) is 15.5 Å². The maximum atomic E-state index is 12.6. The standard InChI is InChI=1S/C35H40N4O9S3/c1-35(2)26-22-25(51(45,46)47)16-17-27(26)38(21-11-7-10-14-34(42)48-39-31(40)19-20-32(39)41)30(35)12-8-6-9-13-33-37(5)28-18-15-24(23-29(28)49-33)50(43,44)36(3)4/h6,8-9,12-13,15-18,22-23H,7,10-11,14,19-21H2,1-5H3. The molecule has 0 bridgehead atoms. The number of sulfonamides is 1. The summed E-state index contributed by atoms with van der Waals surface area (Å²) < 4.78 is 64.9. The summed E-state index contributed by atoms with van der Waals surface area (Å²) in [6.07, 6.45) is 11.4. The number of hydrogen-bond acceptors (Lipinski definition) is 11. The van der Waals surface area contributed by atoms with Gasteiger partial charge in [-0.15, -0.1) is 5.06 Å². The maximum absolute atomic E-state index is 12.6. The van der Waals surface area contributed by atoms with Crippen LogP contribution in [0, 0.1) is 0 Å². The molecule has 272 valence electrons. The van der Waals surface area contributed by atoms with Crippen LogP contribution in [0.25, 0.3) is 16.3 Å². The van der Waals surface area contributed by atoms with E-state index < -0.39 is 43.3 Å². The van der Waals surface area contributed by atoms with Crippen molar-refractivity contribution in [2.24, 2.45) is 7.05 Å². The van der Waals surface area contributed by atoms with Crippen LogP contribution in [0.15, 0.2) is 76.2 Å². The van der Waals surface area contributed by atoms with Crippen LogP contribution in [0.4, 0.5) is 5.69 Å². The minimum absolute atomic E-state index is 0.0299. The Balaban J connectivity index is 1.31. The molecule has 0 N–H and O–H groups in total. The van der Waals surface area contributed by atoms with Gasteiger partial charge in [0.1, 0.15) is 21.9 Å². The summed E-state index contributed by atoms with van der Waals surface area (Å²) >= 11 is 1.47. The van der Waals surface area contributed by atoms with Crippen LogP contribution in [-0.4, -0.2) is 69.2 Å². The van der Waals surface area contributed by atoms with Crippen molar-refractivity contribution in [3.05, 3.63) is 77.0 Å². The molecule has 2 aliphatic heterocycles. The Morgan fingerprint density at radius 1 is 0.980 bits per heavy atom. The number of carbonyl (C=O) groups is 3. The normalized spacial score (nSPS) is 17.3. The maximum Gasteiger partial charge on any atom is 0.333 e. The van der Waals surface area contributed by atoms with E-state index in [1.807, 2.05) is 55.8 Å². The average Bonchev–Trinajstić information content (AvgIpc) is 3.63. The Morgan fingerprint density at radius 3 is 2.33 bits per heavy atom. The highest BCUT2D eigenvalue weighted by Gasteiger charge is 2.40. The van der Waals surface area contributed by atoms with Crippen LogP contribution in [-0.2, 0) is 51.8 Å². The lowest BCUT2D eigenvalue weighted by Crippen LogP contribution is -2.32. The molecule has 1 fully saturated rings. The molecule has 2 aromatic carbocycles. The second kappa shape index (κ2) is 14.8. The molecular formula is C35H40N4O9S3. The molecule has 1 saturated heterocycles. The number of amides is 2. The van der Waals surface area contributed by atoms with Gasteiger partial charge in [-0.05, 0) is 54.8 Å². The summed E-state index contributed by atoms with van der Waals surface area (Å²) in [5.74, 6) is -1.70. The van der Waals surface area contributed by atoms with Crippen molar-refractivity contribution >= 4 is 71.2 Å². The van der Waals surface area contributed by atoms with E-state index in [4.69, 9.17) is 4.84 Å². The van der Waals surface area contributed by atoms with Crippen LogP contribution < -0.4 is 9.47 Å². The first-order valence-electron chi connectivity index (χ1n) is 16.3. The fourth-order valence-corrected chi connectivity index (χ4v) is 8.69. The van der Waals surface area contributed by atoms with Crippen LogP contribution in [0.5, 0.6) is 0 Å². The molecular weight excluding hydrogens is 717 g/mol. The van der Waals surface area contributed by atoms with E-state index in [1.54, 1.807) is 24.3 Å². The SMILES string of the molecule is CN(C)S(=O)(=O)c1ccc2c(c1)sc(/C=C/C=C/C=C1/N(CCCCCC(=O)ON3C(=O)CCC3=O)c3ccc(S(=O)(=O)[O-])cc3C1(C)C)[n+]2C. The van der Waals surface area contributed by atoms with Gasteiger partial charge in [-0.25, -0.2) is 25.9 Å². The number of fused-ring (bicyclic) bond motifs is 2. The fourth-order valence-electron chi connectivity index (χ4n) is 6.09. The van der Waals surface area contributed by atoms with Gasteiger partial charge in [0, 0.05) is 68.8 Å². The lowest BCUT2D eigenvalue weighted by molar-refractivity contribution is -0.642. The molecule has 0 aliphatic carbocycles. The zero-order valence-electron chi connectivity index (χ0n) is 29.0. The highest BCUT2D eigenvalue weighted by atomic mass is 32.2. The van der Waals surface area contributed by atoms with E-state index in [9.17, 15) is 35.8 Å². The number of nitrogens with zero attached hydrogens (tertiary/aromatic N) is 4. The highest BCUT2D eigenvalue weighted by molar-refractivity contribution is 7.89. The predicted molar refractivity (Wildman–Crippen MR) is 191 cm³/mol. The number of rotatable bonds is 13. The van der Waals surface area contributed by atoms with E-state index >= 15 is 0 Å². The minimum atomic E-state index is -4.67. The largest absolute Gasteiger partial charge is 0.744 e. The molecule has 0 saturated carbocycles. The number of aromatic nitrogens is 1. The summed E-state index contributed by atoms with van der Waals surface area (Å²) in [6, 6.07) is 9.46. The third kappa shape index (κ3) is 7.99. The van der Waals surface area contributed by atoms with Gasteiger partial charge in [-0.3, -0.25) is 9.59 Å². The Bertz CT molecular complexity index is 2190. The Hall–Kier alpha value is -4.22. The number of anilines is 1. The zero-order valence-corrected chi connectivity index (χ0v) is 31.4. The van der Waals surface area contributed by atoms with E-state index in [0.717, 1.165) is 26.6 Å². The number of hydrogen-bond donors (Lipinski definition) is 0. The van der Waals surface area contributed by atoms with Gasteiger partial charge in [0.25, 0.3) is 16.8 Å². The number of allylic oxidation sites excluding steroid dienone is 5. The zero-order chi connectivity index (χ0) is 37.3. The number of benzene rings is 2. The summed E-state index contributed by atoms with van der Waals surface area (Å²) in [4.78, 5) is 42.6. The molecule has 0 unspecified atom stereocenters. The summed E-state index contributed by atoms with van der Waals surface area (Å²) in [7, 11) is -3.33. The number of imide groups is 1. The van der Waals surface area contributed by atoms with Crippen molar-refractivity contribution in [1.82, 2.24) is 9.37 Å². The Morgan fingerprint density at radius 2 is 1.67 bits per heavy atom. The quantitative estimate of drug-likeness (QED) is 0.0808. The van der Waals surface area contributed by atoms with Crippen LogP contribution in [0.2, 0.25) is 0 Å². The van der Waals surface area contributed by atoms with Crippen molar-refractivity contribution < 1.29 is 45.2 Å². The second-order valence-corrected chi connectivity index (χ2v) is 17.6. The van der Waals surface area contributed by atoms with Crippen LogP contribution in [0.3, 0.4) is 0 Å². The topological polar surface area (TPSA) is 165 Å². The molecule has 2 aliphatic rings. The molecule has 5 rings (SSSR count). The van der Waals surface area contributed by atoms with E-state index in [1.165, 1.54) is 41.9 Å². The van der Waals surface area contributed by atoms with Crippen molar-refractivity contribution in [3.8, 4) is 0 Å². The molecule has 0 spiro atoms. The summed E-state index contributed by atoms with van der Waals surface area (Å²) in [5, 5.41) is 1.45. The molecule has 0 radical (unpaired) electrons. The number of thiazole rings is 1. The number of unbranched alkanes of at least 4 members (excludes halogenated alkanes) is 2. The molecule has 1 aromatic heterocycles. The van der Waals surface area contributed by atoms with Crippen molar-refractivity contribution in [2.45, 2.75) is 67.6 Å². The van der Waals surface area contributed by atoms with Crippen molar-refractivity contribution in [1.29, 1.82) is 0 Å². The Labute approximate surface area is 301 Å². The minimum Gasteiger partial charge on any atom is -0.744 e. The summed E-state index contributed by atoms with van der Waals surface area (Å²) in [5.41, 5.74) is 2.62. The van der Waals surface area contributed by atoms with Gasteiger partial charge in [0.05, 0.1) is 9.79 Å². The molecule has 51 heavy (non-hydrogen) atoms. The van der Waals surface area contributed by atoms with Crippen LogP contribution in [0.1, 0.15) is 62.9 Å². The lowest BCUT2D eigenvalue weighted by atomic mass is 9.83. The average molecular weight is 757 g/mol. The second-order valence-electron chi connectivity index (χ2n) is 13.0. The predicted octanol–water partition coefficient (Wildman–Crippen LogP) is 4.30. The van der Waals surface area contributed by atoms with Crippen LogP contribution >= 0.6 is 11.3 Å². The molecule has 2 amide bonds. The van der Waals surface area contributed by atoms with Gasteiger partial charge >= 0.3 is 5.97 Å². The smallest absolute Gasteiger partial charge is 0.333 e. The van der Waals surface area contributed by atoms with Gasteiger partial charge in [-0.2, -0.15) is 4.57 Å². The monoisotopic (exact) mass is 756 g/mol. The first kappa shape index (κ1) is 38.0. The Kier molecular flexibility index (Phi) is 11.0. The van der Waals surface area contributed by atoms with Crippen molar-refractivity contribution in [2.75, 3.05) is 25.5 Å². The highest BCUT2D eigenvalue weighted by Crippen LogP contribution is 2.48. The molecule has 3 heterocycles. The van der Waals surface area contributed by atoms with Gasteiger partial charge in [0.15, 0.2) is 0 Å². The van der Waals surface area contributed by atoms with Gasteiger partial charge in [-0.1, -0.05) is 49.8 Å². The molecule has 3 aromatic rings. The number of carbonyl (C=O) groups excluding carboxylic acids is 3. The third-order valence-electron chi connectivity index (χ3n) is 8.94. The van der Waals surface area contributed by atoms with E-state index in [2.05, 4.69) is 4.90 Å². The fraction of sp³-hybridized carbons (Fsp3) is 0.371. The van der Waals surface area contributed by atoms with E-state index in [-0.39, 0.29) is 29.1 Å². The molecule has 13 nitrogen and oxygen atoms in total. The molecule has 16 heteroatoms. The molecule has 0 atom stereocenters. The third-order valence-corrected chi connectivity index (χ3v) is 12.8. The van der Waals surface area contributed by atoms with Gasteiger partial charge < -0.3 is 14.3 Å². The van der Waals surface area contributed by atoms with Crippen molar-refractivity contribution in [3.63, 3.8) is 0 Å². The van der Waals surface area contributed by atoms with E-state index in [0.29, 0.717) is 36.4 Å². The number of hydroxylamine groups is 2. The summed E-state index contributed by atoms with van der Waals surface area (Å²) in [6.45, 7) is 4.46. The first-order chi connectivity index (χ1) is 23.9. The number of aryl methyl sites for hydroxylation is 1. The first-order valence-corrected chi connectivity index (χ1v) is 19.9.